The summed E-state index contributed by atoms with van der Waals surface area (Å²) in [5, 5.41) is 4.85. The molecule has 0 radical (unpaired) electrons. The number of hydrogen-bond acceptors (Lipinski definition) is 3. The van der Waals surface area contributed by atoms with E-state index < -0.39 is 0 Å². The Bertz CT molecular complexity index is 591. The van der Waals surface area contributed by atoms with Gasteiger partial charge in [0.05, 0.1) is 17.4 Å². The summed E-state index contributed by atoms with van der Waals surface area (Å²) in [6.07, 6.45) is 6.03. The topological polar surface area (TPSA) is 28.2 Å². The fraction of sp³-hybridized carbons (Fsp3) is 0.438. The molecule has 1 N–H and O–H groups in total. The Balaban J connectivity index is 1.48. The van der Waals surface area contributed by atoms with Gasteiger partial charge in [0.15, 0.2) is 0 Å². The molecule has 0 spiro atoms. The molecule has 1 aromatic carbocycles. The Hall–Kier alpha value is -1.61. The van der Waals surface area contributed by atoms with Crippen molar-refractivity contribution >= 4 is 16.6 Å². The minimum atomic E-state index is 0.587. The third kappa shape index (κ3) is 2.30. The summed E-state index contributed by atoms with van der Waals surface area (Å²) in [5.74, 6) is 0. The van der Waals surface area contributed by atoms with Gasteiger partial charge in [0.25, 0.3) is 0 Å². The number of para-hydroxylation sites is 1. The minimum Gasteiger partial charge on any atom is -0.380 e. The van der Waals surface area contributed by atoms with E-state index in [-0.39, 0.29) is 0 Å². The van der Waals surface area contributed by atoms with E-state index in [1.807, 2.05) is 12.3 Å². The molecular weight excluding hydrogens is 234 g/mol. The van der Waals surface area contributed by atoms with Gasteiger partial charge >= 0.3 is 0 Å². The summed E-state index contributed by atoms with van der Waals surface area (Å²) >= 11 is 0. The molecule has 2 aliphatic rings. The summed E-state index contributed by atoms with van der Waals surface area (Å²) in [4.78, 5) is 7.14. The average Bonchev–Trinajstić information content (AvgIpc) is 3.20. The van der Waals surface area contributed by atoms with Crippen molar-refractivity contribution in [2.75, 3.05) is 18.4 Å². The van der Waals surface area contributed by atoms with Crippen molar-refractivity contribution in [3.8, 4) is 0 Å². The van der Waals surface area contributed by atoms with Crippen molar-refractivity contribution in [2.45, 2.75) is 31.3 Å². The molecule has 0 bridgehead atoms. The van der Waals surface area contributed by atoms with Crippen LogP contribution < -0.4 is 5.32 Å². The molecule has 1 saturated carbocycles. The molecule has 3 nitrogen and oxygen atoms in total. The van der Waals surface area contributed by atoms with Gasteiger partial charge < -0.3 is 5.32 Å². The van der Waals surface area contributed by atoms with E-state index >= 15 is 0 Å². The fourth-order valence-electron chi connectivity index (χ4n) is 3.06. The van der Waals surface area contributed by atoms with Crippen LogP contribution in [0, 0.1) is 0 Å². The first-order valence-electron chi connectivity index (χ1n) is 7.24. The zero-order valence-corrected chi connectivity index (χ0v) is 11.0. The molecule has 4 rings (SSSR count). The third-order valence-electron chi connectivity index (χ3n) is 4.24. The molecule has 1 atom stereocenters. The SMILES string of the molecule is c1ccc2ncc(NC3CCN(C4CC4)C3)cc2c1. The first-order valence-corrected chi connectivity index (χ1v) is 7.24. The summed E-state index contributed by atoms with van der Waals surface area (Å²) in [6.45, 7) is 2.45. The van der Waals surface area contributed by atoms with E-state index in [4.69, 9.17) is 0 Å². The van der Waals surface area contributed by atoms with Crippen LogP contribution >= 0.6 is 0 Å². The van der Waals surface area contributed by atoms with Gasteiger partial charge in [-0.1, -0.05) is 18.2 Å². The van der Waals surface area contributed by atoms with Crippen LogP contribution in [0.15, 0.2) is 36.5 Å². The Labute approximate surface area is 113 Å². The smallest absolute Gasteiger partial charge is 0.0703 e. The van der Waals surface area contributed by atoms with Crippen LogP contribution in [0.3, 0.4) is 0 Å². The van der Waals surface area contributed by atoms with Crippen LogP contribution in [-0.4, -0.2) is 35.1 Å². The van der Waals surface area contributed by atoms with Crippen molar-refractivity contribution < 1.29 is 0 Å². The van der Waals surface area contributed by atoms with Gasteiger partial charge in [0, 0.05) is 30.6 Å². The number of rotatable bonds is 3. The molecular formula is C16H19N3. The molecule has 1 aliphatic heterocycles. The van der Waals surface area contributed by atoms with Crippen LogP contribution in [0.4, 0.5) is 5.69 Å². The van der Waals surface area contributed by atoms with E-state index in [0.29, 0.717) is 6.04 Å². The van der Waals surface area contributed by atoms with E-state index in [1.165, 1.54) is 37.7 Å². The standard InChI is InChI=1S/C16H19N3/c1-2-4-16-12(3-1)9-14(10-17-16)18-13-7-8-19(11-13)15-5-6-15/h1-4,9-10,13,15,18H,5-8,11H2. The van der Waals surface area contributed by atoms with Crippen molar-refractivity contribution in [1.82, 2.24) is 9.88 Å². The zero-order valence-electron chi connectivity index (χ0n) is 11.0. The second-order valence-electron chi connectivity index (χ2n) is 5.77. The van der Waals surface area contributed by atoms with Crippen molar-refractivity contribution in [1.29, 1.82) is 0 Å². The predicted molar refractivity (Wildman–Crippen MR) is 78.4 cm³/mol. The average molecular weight is 253 g/mol. The Morgan fingerprint density at radius 3 is 2.95 bits per heavy atom. The fourth-order valence-corrected chi connectivity index (χ4v) is 3.06. The highest BCUT2D eigenvalue weighted by atomic mass is 15.2. The number of pyridine rings is 1. The lowest BCUT2D eigenvalue weighted by atomic mass is 10.2. The van der Waals surface area contributed by atoms with Crippen molar-refractivity contribution in [3.05, 3.63) is 36.5 Å². The lowest BCUT2D eigenvalue weighted by Crippen LogP contribution is -2.27. The van der Waals surface area contributed by atoms with Crippen molar-refractivity contribution in [3.63, 3.8) is 0 Å². The van der Waals surface area contributed by atoms with Crippen LogP contribution in [-0.2, 0) is 0 Å². The van der Waals surface area contributed by atoms with Gasteiger partial charge in [-0.15, -0.1) is 0 Å². The third-order valence-corrected chi connectivity index (χ3v) is 4.24. The van der Waals surface area contributed by atoms with Gasteiger partial charge in [-0.3, -0.25) is 9.88 Å². The molecule has 1 unspecified atom stereocenters. The normalized spacial score (nSPS) is 23.9. The number of fused-ring (bicyclic) bond motifs is 1. The van der Waals surface area contributed by atoms with Crippen LogP contribution in [0.5, 0.6) is 0 Å². The second-order valence-corrected chi connectivity index (χ2v) is 5.77. The highest BCUT2D eigenvalue weighted by molar-refractivity contribution is 5.81. The Morgan fingerprint density at radius 2 is 2.05 bits per heavy atom. The Kier molecular flexibility index (Phi) is 2.66. The van der Waals surface area contributed by atoms with Gasteiger partial charge in [-0.2, -0.15) is 0 Å². The molecule has 0 amide bonds. The quantitative estimate of drug-likeness (QED) is 0.911. The maximum absolute atomic E-state index is 4.51. The molecule has 2 heterocycles. The molecule has 19 heavy (non-hydrogen) atoms. The van der Waals surface area contributed by atoms with E-state index in [2.05, 4.69) is 39.5 Å². The summed E-state index contributed by atoms with van der Waals surface area (Å²) in [5.41, 5.74) is 2.22. The van der Waals surface area contributed by atoms with Crippen molar-refractivity contribution in [2.24, 2.45) is 0 Å². The van der Waals surface area contributed by atoms with Crippen LogP contribution in [0.25, 0.3) is 10.9 Å². The summed E-state index contributed by atoms with van der Waals surface area (Å²) in [7, 11) is 0. The molecule has 1 aromatic heterocycles. The van der Waals surface area contributed by atoms with E-state index in [9.17, 15) is 0 Å². The molecule has 3 heteroatoms. The van der Waals surface area contributed by atoms with Gasteiger partial charge in [0.1, 0.15) is 0 Å². The monoisotopic (exact) mass is 253 g/mol. The lowest BCUT2D eigenvalue weighted by Gasteiger charge is -2.16. The van der Waals surface area contributed by atoms with E-state index in [1.54, 1.807) is 0 Å². The minimum absolute atomic E-state index is 0.587. The number of aromatic nitrogens is 1. The first-order chi connectivity index (χ1) is 9.38. The number of anilines is 1. The predicted octanol–water partition coefficient (Wildman–Crippen LogP) is 2.88. The highest BCUT2D eigenvalue weighted by Gasteiger charge is 2.34. The number of nitrogens with zero attached hydrogens (tertiary/aromatic N) is 2. The molecule has 98 valence electrons. The Morgan fingerprint density at radius 1 is 1.16 bits per heavy atom. The number of hydrogen-bond donors (Lipinski definition) is 1. The maximum atomic E-state index is 4.51. The first kappa shape index (κ1) is 11.2. The van der Waals surface area contributed by atoms with Gasteiger partial charge in [-0.25, -0.2) is 0 Å². The van der Waals surface area contributed by atoms with E-state index in [0.717, 1.165) is 17.2 Å². The summed E-state index contributed by atoms with van der Waals surface area (Å²) < 4.78 is 0. The molecule has 2 aromatic rings. The summed E-state index contributed by atoms with van der Waals surface area (Å²) in [6, 6.07) is 12.0. The second kappa shape index (κ2) is 4.49. The maximum Gasteiger partial charge on any atom is 0.0703 e. The largest absolute Gasteiger partial charge is 0.380 e. The van der Waals surface area contributed by atoms with Crippen LogP contribution in [0.2, 0.25) is 0 Å². The number of nitrogens with one attached hydrogen (secondary N) is 1. The molecule has 2 fully saturated rings. The van der Waals surface area contributed by atoms with Gasteiger partial charge in [0.2, 0.25) is 0 Å². The lowest BCUT2D eigenvalue weighted by molar-refractivity contribution is 0.326. The molecule has 1 saturated heterocycles. The zero-order chi connectivity index (χ0) is 12.7. The van der Waals surface area contributed by atoms with Gasteiger partial charge in [-0.05, 0) is 31.4 Å². The number of benzene rings is 1. The molecule has 1 aliphatic carbocycles. The van der Waals surface area contributed by atoms with Crippen LogP contribution in [0.1, 0.15) is 19.3 Å². The number of likely N-dealkylation sites (tertiary alicyclic amines) is 1. The highest BCUT2D eigenvalue weighted by Crippen LogP contribution is 2.30.